The highest BCUT2D eigenvalue weighted by molar-refractivity contribution is 7.26. The van der Waals surface area contributed by atoms with E-state index in [2.05, 4.69) is 163 Å². The molecule has 10 rings (SSSR count). The predicted octanol–water partition coefficient (Wildman–Crippen LogP) is 12.7. The number of anilines is 3. The third-order valence-corrected chi connectivity index (χ3v) is 14.6. The zero-order chi connectivity index (χ0) is 33.9. The standard InChI is InChI=1S/C47H37NS2Si/c1-51-44-27-26-38-37-14-4-6-17-41(37)50-47(38)45(44)31-22-24-35(25-23-31)48(40-16-9-19-43-46(40)39-15-5-7-18-42(39)49-43)36-13-8-12-33(29-36)34-21-20-30-10-2-3-11-32(30)28-34/h2-6,8-17,19-27,29,32H,7,18,28,51H2,1H3. The van der Waals surface area contributed by atoms with Gasteiger partial charge in [0.05, 0.1) is 15.2 Å². The first-order chi connectivity index (χ1) is 25.2. The van der Waals surface area contributed by atoms with Crippen LogP contribution in [0.3, 0.4) is 0 Å². The molecule has 1 nitrogen and oxygen atoms in total. The second kappa shape index (κ2) is 12.6. The van der Waals surface area contributed by atoms with E-state index < -0.39 is 0 Å². The van der Waals surface area contributed by atoms with E-state index in [-0.39, 0.29) is 9.52 Å². The van der Waals surface area contributed by atoms with Gasteiger partial charge in [0.15, 0.2) is 0 Å². The fraction of sp³-hybridized carbons (Fsp3) is 0.106. The second-order valence-electron chi connectivity index (χ2n) is 13.8. The maximum absolute atomic E-state index is 2.51. The van der Waals surface area contributed by atoms with E-state index in [1.165, 1.54) is 90.8 Å². The zero-order valence-electron chi connectivity index (χ0n) is 28.6. The molecule has 51 heavy (non-hydrogen) atoms. The Hall–Kier alpha value is -5.00. The van der Waals surface area contributed by atoms with Crippen molar-refractivity contribution in [2.24, 2.45) is 5.92 Å². The number of hydrogen-bond acceptors (Lipinski definition) is 3. The minimum Gasteiger partial charge on any atom is -0.310 e. The lowest BCUT2D eigenvalue weighted by Gasteiger charge is -2.28. The summed E-state index contributed by atoms with van der Waals surface area (Å²) < 4.78 is 4.15. The van der Waals surface area contributed by atoms with Crippen LogP contribution in [-0.2, 0) is 6.42 Å². The van der Waals surface area contributed by atoms with E-state index in [0.717, 1.165) is 19.3 Å². The average molecular weight is 708 g/mol. The molecule has 0 saturated heterocycles. The molecule has 0 bridgehead atoms. The van der Waals surface area contributed by atoms with Crippen LogP contribution in [0.1, 0.15) is 28.8 Å². The van der Waals surface area contributed by atoms with Crippen molar-refractivity contribution in [3.8, 4) is 11.1 Å². The van der Waals surface area contributed by atoms with Crippen LogP contribution in [0.25, 0.3) is 53.0 Å². The number of nitrogens with zero attached hydrogens (tertiary/aromatic N) is 1. The molecule has 0 amide bonds. The highest BCUT2D eigenvalue weighted by Gasteiger charge is 2.23. The monoisotopic (exact) mass is 707 g/mol. The Morgan fingerprint density at radius 1 is 0.725 bits per heavy atom. The van der Waals surface area contributed by atoms with Gasteiger partial charge in [-0.1, -0.05) is 121 Å². The molecule has 0 saturated carbocycles. The molecular weight excluding hydrogens is 671 g/mol. The fourth-order valence-corrected chi connectivity index (χ4v) is 12.1. The highest BCUT2D eigenvalue weighted by Crippen LogP contribution is 2.47. The molecule has 7 aromatic rings. The molecule has 4 heteroatoms. The Balaban J connectivity index is 1.13. The van der Waals surface area contributed by atoms with Crippen LogP contribution in [0.15, 0.2) is 151 Å². The maximum Gasteiger partial charge on any atom is 0.0554 e. The van der Waals surface area contributed by atoms with Gasteiger partial charge in [-0.2, -0.15) is 0 Å². The number of benzene rings is 5. The lowest BCUT2D eigenvalue weighted by molar-refractivity contribution is 0.793. The van der Waals surface area contributed by atoms with Crippen molar-refractivity contribution < 1.29 is 0 Å². The average Bonchev–Trinajstić information content (AvgIpc) is 3.77. The van der Waals surface area contributed by atoms with Gasteiger partial charge in [-0.05, 0) is 95.1 Å². The summed E-state index contributed by atoms with van der Waals surface area (Å²) in [6, 6.07) is 39.2. The van der Waals surface area contributed by atoms with Gasteiger partial charge in [0, 0.05) is 52.4 Å². The fourth-order valence-electron chi connectivity index (χ4n) is 8.34. The molecule has 0 fully saturated rings. The van der Waals surface area contributed by atoms with Crippen molar-refractivity contribution in [2.45, 2.75) is 25.8 Å². The van der Waals surface area contributed by atoms with Gasteiger partial charge in [0.2, 0.25) is 0 Å². The third-order valence-electron chi connectivity index (χ3n) is 10.9. The van der Waals surface area contributed by atoms with Crippen molar-refractivity contribution in [3.63, 3.8) is 0 Å². The molecule has 3 aliphatic carbocycles. The van der Waals surface area contributed by atoms with E-state index in [1.54, 1.807) is 0 Å². The van der Waals surface area contributed by atoms with E-state index >= 15 is 0 Å². The first kappa shape index (κ1) is 30.8. The van der Waals surface area contributed by atoms with Gasteiger partial charge < -0.3 is 4.90 Å². The first-order valence-corrected chi connectivity index (χ1v) is 21.9. The first-order valence-electron chi connectivity index (χ1n) is 18.1. The molecule has 3 aliphatic rings. The van der Waals surface area contributed by atoms with E-state index in [4.69, 9.17) is 0 Å². The summed E-state index contributed by atoms with van der Waals surface area (Å²) in [6.07, 6.45) is 21.6. The van der Waals surface area contributed by atoms with Gasteiger partial charge in [-0.3, -0.25) is 0 Å². The summed E-state index contributed by atoms with van der Waals surface area (Å²) in [6.45, 7) is 2.41. The summed E-state index contributed by atoms with van der Waals surface area (Å²) in [4.78, 5) is 4.01. The quantitative estimate of drug-likeness (QED) is 0.156. The molecular formula is C47H37NS2Si. The van der Waals surface area contributed by atoms with Crippen molar-refractivity contribution in [1.29, 1.82) is 0 Å². The van der Waals surface area contributed by atoms with E-state index in [1.807, 2.05) is 22.7 Å². The topological polar surface area (TPSA) is 3.24 Å². The minimum absolute atomic E-state index is 0.388. The number of aryl methyl sites for hydroxylation is 1. The van der Waals surface area contributed by atoms with Gasteiger partial charge in [-0.25, -0.2) is 0 Å². The Kier molecular flexibility index (Phi) is 7.63. The van der Waals surface area contributed by atoms with Crippen LogP contribution in [-0.4, -0.2) is 9.52 Å². The highest BCUT2D eigenvalue weighted by atomic mass is 32.1. The summed E-state index contributed by atoms with van der Waals surface area (Å²) in [5.74, 6) is 0.446. The van der Waals surface area contributed by atoms with Crippen molar-refractivity contribution in [2.75, 3.05) is 4.90 Å². The van der Waals surface area contributed by atoms with Crippen LogP contribution < -0.4 is 10.1 Å². The van der Waals surface area contributed by atoms with Gasteiger partial charge in [0.25, 0.3) is 0 Å². The van der Waals surface area contributed by atoms with Crippen molar-refractivity contribution in [3.05, 3.63) is 167 Å². The molecule has 0 aliphatic heterocycles. The Labute approximate surface area is 309 Å². The molecule has 1 atom stereocenters. The third kappa shape index (κ3) is 5.24. The number of thiophene rings is 2. The van der Waals surface area contributed by atoms with Crippen LogP contribution in [0, 0.1) is 5.92 Å². The predicted molar refractivity (Wildman–Crippen MR) is 229 cm³/mol. The molecule has 0 N–H and O–H groups in total. The minimum atomic E-state index is -0.388. The Bertz CT molecular complexity index is 2660. The number of fused-ring (bicyclic) bond motifs is 7. The lowest BCUT2D eigenvalue weighted by Crippen LogP contribution is -2.14. The lowest BCUT2D eigenvalue weighted by atomic mass is 9.82. The largest absolute Gasteiger partial charge is 0.310 e. The molecule has 2 aromatic heterocycles. The van der Waals surface area contributed by atoms with Crippen LogP contribution in [0.2, 0.25) is 6.55 Å². The second-order valence-corrected chi connectivity index (χ2v) is 17.5. The number of rotatable bonds is 6. The maximum atomic E-state index is 2.51. The molecule has 2 heterocycles. The van der Waals surface area contributed by atoms with Gasteiger partial charge >= 0.3 is 0 Å². The summed E-state index contributed by atoms with van der Waals surface area (Å²) in [5.41, 5.74) is 11.9. The van der Waals surface area contributed by atoms with Crippen LogP contribution in [0.4, 0.5) is 17.1 Å². The van der Waals surface area contributed by atoms with Crippen molar-refractivity contribution in [1.82, 2.24) is 0 Å². The molecule has 0 spiro atoms. The SMILES string of the molecule is C[SiH2]c1ccc2c(sc3ccccc32)c1-c1ccc(N(c2cccc(C3=CC=C4C=CC=CC4C3)c2)c2cccc3sc4c(c23)C=CCC4)cc1. The smallest absolute Gasteiger partial charge is 0.0554 e. The normalized spacial score (nSPS) is 16.6. The zero-order valence-corrected chi connectivity index (χ0v) is 31.7. The Morgan fingerprint density at radius 3 is 2.53 bits per heavy atom. The van der Waals surface area contributed by atoms with Gasteiger partial charge in [0.1, 0.15) is 0 Å². The summed E-state index contributed by atoms with van der Waals surface area (Å²) in [5, 5.41) is 5.64. The van der Waals surface area contributed by atoms with Gasteiger partial charge in [-0.15, -0.1) is 22.7 Å². The summed E-state index contributed by atoms with van der Waals surface area (Å²) in [7, 11) is -0.388. The molecule has 0 radical (unpaired) electrons. The van der Waals surface area contributed by atoms with E-state index in [0.29, 0.717) is 5.92 Å². The Morgan fingerprint density at radius 2 is 1.61 bits per heavy atom. The van der Waals surface area contributed by atoms with Crippen LogP contribution >= 0.6 is 22.7 Å². The number of hydrogen-bond donors (Lipinski definition) is 0. The van der Waals surface area contributed by atoms with Crippen molar-refractivity contribution >= 4 is 96.3 Å². The molecule has 5 aromatic carbocycles. The molecule has 1 unspecified atom stereocenters. The van der Waals surface area contributed by atoms with E-state index in [9.17, 15) is 0 Å². The number of allylic oxidation sites excluding steroid dienone is 9. The molecule has 246 valence electrons. The summed E-state index contributed by atoms with van der Waals surface area (Å²) >= 11 is 3.91. The van der Waals surface area contributed by atoms with Crippen LogP contribution in [0.5, 0.6) is 0 Å².